The van der Waals surface area contributed by atoms with Crippen LogP contribution in [0.4, 0.5) is 18.9 Å². The molecule has 1 aliphatic heterocycles. The van der Waals surface area contributed by atoms with Crippen molar-refractivity contribution in [2.24, 2.45) is 7.05 Å². The Morgan fingerprint density at radius 2 is 2.09 bits per heavy atom. The molecule has 0 aromatic carbocycles. The third-order valence-corrected chi connectivity index (χ3v) is 4.29. The number of hydrogen-bond donors (Lipinski definition) is 0. The van der Waals surface area contributed by atoms with Gasteiger partial charge in [0.15, 0.2) is 0 Å². The summed E-state index contributed by atoms with van der Waals surface area (Å²) < 4.78 is 38.6. The third kappa shape index (κ3) is 3.26. The fraction of sp³-hybridized carbons (Fsp3) is 0.583. The second-order valence-electron chi connectivity index (χ2n) is 5.06. The van der Waals surface area contributed by atoms with Crippen LogP contribution in [0.3, 0.4) is 0 Å². The number of carbonyl (C=O) groups excluding carboxylic acids is 1. The summed E-state index contributed by atoms with van der Waals surface area (Å²) in [5.74, 6) is -0.604. The fourth-order valence-electron chi connectivity index (χ4n) is 2.37. The molecule has 0 spiro atoms. The summed E-state index contributed by atoms with van der Waals surface area (Å²) in [5, 5.41) is 3.86. The van der Waals surface area contributed by atoms with Crippen molar-refractivity contribution in [2.45, 2.75) is 18.6 Å². The van der Waals surface area contributed by atoms with Crippen molar-refractivity contribution in [3.05, 3.63) is 21.0 Å². The molecule has 1 unspecified atom stereocenters. The molecule has 1 saturated heterocycles. The second kappa shape index (κ2) is 5.90. The minimum absolute atomic E-state index is 0.0310. The average Bonchev–Trinajstić information content (AvgIpc) is 2.75. The second-order valence-corrected chi connectivity index (χ2v) is 5.86. The molecule has 0 bridgehead atoms. The maximum Gasteiger partial charge on any atom is 0.406 e. The van der Waals surface area contributed by atoms with E-state index in [1.165, 1.54) is 18.1 Å². The van der Waals surface area contributed by atoms with Crippen LogP contribution in [0.2, 0.25) is 0 Å². The minimum Gasteiger partial charge on any atom is -0.360 e. The van der Waals surface area contributed by atoms with Crippen LogP contribution in [0.5, 0.6) is 0 Å². The molecule has 1 aromatic heterocycles. The number of carbonyl (C=O) groups is 1. The van der Waals surface area contributed by atoms with E-state index >= 15 is 0 Å². The van der Waals surface area contributed by atoms with Gasteiger partial charge in [0, 0.05) is 20.6 Å². The fourth-order valence-corrected chi connectivity index (χ4v) is 3.01. The van der Waals surface area contributed by atoms with Crippen LogP contribution in [0.15, 0.2) is 15.5 Å². The highest BCUT2D eigenvalue weighted by Gasteiger charge is 2.41. The quantitative estimate of drug-likeness (QED) is 0.786. The molecule has 6 nitrogen and oxygen atoms in total. The Balaban J connectivity index is 2.21. The first-order valence-electron chi connectivity index (χ1n) is 6.42. The molecule has 0 radical (unpaired) electrons. The first-order chi connectivity index (χ1) is 10.1. The molecule has 1 aliphatic rings. The van der Waals surface area contributed by atoms with E-state index < -0.39 is 24.7 Å². The standard InChI is InChI=1S/C12H14BrF3N4O2/c1-18(8-5-17-19(2)11(22)9(8)13)7-3-4-20(10(7)21)6-12(14,15)16/h5,7H,3-4,6H2,1-2H3. The highest BCUT2D eigenvalue weighted by Crippen LogP contribution is 2.28. The van der Waals surface area contributed by atoms with E-state index in [-0.39, 0.29) is 23.0 Å². The summed E-state index contributed by atoms with van der Waals surface area (Å²) in [5.41, 5.74) is -0.0164. The molecule has 2 heterocycles. The van der Waals surface area contributed by atoms with E-state index in [4.69, 9.17) is 0 Å². The lowest BCUT2D eigenvalue weighted by molar-refractivity contribution is -0.157. The number of anilines is 1. The number of aromatic nitrogens is 2. The Hall–Kier alpha value is -1.58. The van der Waals surface area contributed by atoms with Gasteiger partial charge in [-0.15, -0.1) is 0 Å². The lowest BCUT2D eigenvalue weighted by Gasteiger charge is -2.26. The van der Waals surface area contributed by atoms with Crippen molar-refractivity contribution in [1.29, 1.82) is 0 Å². The number of amides is 1. The molecule has 1 amide bonds. The molecule has 0 N–H and O–H groups in total. The van der Waals surface area contributed by atoms with Gasteiger partial charge < -0.3 is 9.80 Å². The van der Waals surface area contributed by atoms with E-state index in [9.17, 15) is 22.8 Å². The highest BCUT2D eigenvalue weighted by atomic mass is 79.9. The number of hydrogen-bond acceptors (Lipinski definition) is 4. The van der Waals surface area contributed by atoms with E-state index in [1.54, 1.807) is 7.05 Å². The largest absolute Gasteiger partial charge is 0.406 e. The highest BCUT2D eigenvalue weighted by molar-refractivity contribution is 9.10. The summed E-state index contributed by atoms with van der Waals surface area (Å²) >= 11 is 3.14. The molecular formula is C12H14BrF3N4O2. The predicted molar refractivity (Wildman–Crippen MR) is 76.6 cm³/mol. The normalized spacial score (nSPS) is 18.9. The summed E-state index contributed by atoms with van der Waals surface area (Å²) in [7, 11) is 3.03. The van der Waals surface area contributed by atoms with Gasteiger partial charge in [-0.05, 0) is 22.4 Å². The summed E-state index contributed by atoms with van der Waals surface area (Å²) in [4.78, 5) is 26.2. The third-order valence-electron chi connectivity index (χ3n) is 3.55. The first-order valence-corrected chi connectivity index (χ1v) is 7.21. The summed E-state index contributed by atoms with van der Waals surface area (Å²) in [6.45, 7) is -1.23. The van der Waals surface area contributed by atoms with Crippen LogP contribution in [-0.2, 0) is 11.8 Å². The van der Waals surface area contributed by atoms with Crippen LogP contribution in [0.1, 0.15) is 6.42 Å². The van der Waals surface area contributed by atoms with E-state index in [2.05, 4.69) is 21.0 Å². The lowest BCUT2D eigenvalue weighted by Crippen LogP contribution is -2.43. The van der Waals surface area contributed by atoms with Crippen molar-refractivity contribution in [1.82, 2.24) is 14.7 Å². The van der Waals surface area contributed by atoms with Gasteiger partial charge in [-0.1, -0.05) is 0 Å². The topological polar surface area (TPSA) is 58.4 Å². The Morgan fingerprint density at radius 3 is 2.68 bits per heavy atom. The first kappa shape index (κ1) is 16.8. The van der Waals surface area contributed by atoms with Crippen molar-refractivity contribution >= 4 is 27.5 Å². The van der Waals surface area contributed by atoms with Crippen LogP contribution >= 0.6 is 15.9 Å². The number of likely N-dealkylation sites (N-methyl/N-ethyl adjacent to an activating group) is 1. The summed E-state index contributed by atoms with van der Waals surface area (Å²) in [6, 6.07) is -0.743. The van der Waals surface area contributed by atoms with E-state index in [0.717, 1.165) is 9.58 Å². The molecular weight excluding hydrogens is 369 g/mol. The number of rotatable bonds is 3. The number of likely N-dealkylation sites (tertiary alicyclic amines) is 1. The van der Waals surface area contributed by atoms with Crippen molar-refractivity contribution in [3.8, 4) is 0 Å². The van der Waals surface area contributed by atoms with Crippen LogP contribution in [0, 0.1) is 0 Å². The smallest absolute Gasteiger partial charge is 0.360 e. The zero-order valence-corrected chi connectivity index (χ0v) is 13.5. The SMILES string of the molecule is CN(c1cnn(C)c(=O)c1Br)C1CCN(CC(F)(F)F)C1=O. The Morgan fingerprint density at radius 1 is 1.45 bits per heavy atom. The van der Waals surface area contributed by atoms with Gasteiger partial charge in [-0.3, -0.25) is 9.59 Å². The Kier molecular flexibility index (Phi) is 4.50. The maximum absolute atomic E-state index is 12.4. The average molecular weight is 383 g/mol. The van der Waals surface area contributed by atoms with Gasteiger partial charge in [0.1, 0.15) is 17.1 Å². The van der Waals surface area contributed by atoms with Gasteiger partial charge in [-0.25, -0.2) is 4.68 Å². The molecule has 122 valence electrons. The molecule has 0 saturated carbocycles. The molecule has 2 rings (SSSR count). The van der Waals surface area contributed by atoms with E-state index in [0.29, 0.717) is 5.69 Å². The van der Waals surface area contributed by atoms with Gasteiger partial charge in [-0.2, -0.15) is 18.3 Å². The molecule has 1 fully saturated rings. The number of aryl methyl sites for hydroxylation is 1. The Bertz CT molecular complexity index is 646. The molecule has 1 atom stereocenters. The minimum atomic E-state index is -4.42. The number of halogens is 4. The zero-order chi connectivity index (χ0) is 16.7. The van der Waals surface area contributed by atoms with Crippen molar-refractivity contribution in [3.63, 3.8) is 0 Å². The molecule has 22 heavy (non-hydrogen) atoms. The van der Waals surface area contributed by atoms with Gasteiger partial charge in [0.25, 0.3) is 5.56 Å². The van der Waals surface area contributed by atoms with Crippen LogP contribution < -0.4 is 10.5 Å². The van der Waals surface area contributed by atoms with E-state index in [1.807, 2.05) is 0 Å². The molecule has 10 heteroatoms. The zero-order valence-electron chi connectivity index (χ0n) is 11.9. The molecule has 0 aliphatic carbocycles. The van der Waals surface area contributed by atoms with Gasteiger partial charge in [0.05, 0.1) is 11.9 Å². The number of alkyl halides is 3. The summed E-state index contributed by atoms with van der Waals surface area (Å²) in [6.07, 6.45) is -2.77. The Labute approximate surface area is 132 Å². The number of nitrogens with zero attached hydrogens (tertiary/aromatic N) is 4. The van der Waals surface area contributed by atoms with Crippen LogP contribution in [-0.4, -0.2) is 52.9 Å². The monoisotopic (exact) mass is 382 g/mol. The van der Waals surface area contributed by atoms with Crippen molar-refractivity contribution < 1.29 is 18.0 Å². The van der Waals surface area contributed by atoms with Crippen molar-refractivity contribution in [2.75, 3.05) is 25.0 Å². The van der Waals surface area contributed by atoms with Crippen LogP contribution in [0.25, 0.3) is 0 Å². The van der Waals surface area contributed by atoms with Gasteiger partial charge in [0.2, 0.25) is 5.91 Å². The predicted octanol–water partition coefficient (Wildman–Crippen LogP) is 1.14. The maximum atomic E-state index is 12.4. The molecule has 1 aromatic rings. The van der Waals surface area contributed by atoms with Gasteiger partial charge >= 0.3 is 6.18 Å². The lowest BCUT2D eigenvalue weighted by atomic mass is 10.2.